The monoisotopic (exact) mass is 450 g/mol. The van der Waals surface area contributed by atoms with E-state index in [1.165, 1.54) is 9.13 Å². The largest absolute Gasteiger partial charge is 0.376 e. The van der Waals surface area contributed by atoms with E-state index in [0.29, 0.717) is 35.0 Å². The molecule has 0 saturated carbocycles. The van der Waals surface area contributed by atoms with Gasteiger partial charge in [-0.2, -0.15) is 0 Å². The maximum atomic E-state index is 13.6. The van der Waals surface area contributed by atoms with Crippen LogP contribution in [-0.4, -0.2) is 31.4 Å². The van der Waals surface area contributed by atoms with E-state index in [-0.39, 0.29) is 18.2 Å². The average Bonchev–Trinajstić information content (AvgIpc) is 3.43. The van der Waals surface area contributed by atoms with Gasteiger partial charge in [-0.1, -0.05) is 41.9 Å². The number of nitrogens with zero attached hydrogens (tertiary/aromatic N) is 4. The van der Waals surface area contributed by atoms with Gasteiger partial charge in [0, 0.05) is 18.2 Å². The molecule has 1 saturated heterocycles. The molecule has 0 spiro atoms. The van der Waals surface area contributed by atoms with Gasteiger partial charge in [-0.25, -0.2) is 14.3 Å². The minimum Gasteiger partial charge on any atom is -0.376 e. The minimum absolute atomic E-state index is 0.146. The number of hydrogen-bond acceptors (Lipinski definition) is 4. The highest BCUT2D eigenvalue weighted by atomic mass is 35.5. The second kappa shape index (κ2) is 8.41. The first-order valence-electron chi connectivity index (χ1n) is 10.7. The van der Waals surface area contributed by atoms with Crippen LogP contribution in [0.25, 0.3) is 16.9 Å². The lowest BCUT2D eigenvalue weighted by atomic mass is 10.2. The highest BCUT2D eigenvalue weighted by Crippen LogP contribution is 2.19. The zero-order chi connectivity index (χ0) is 22.2. The Morgan fingerprint density at radius 2 is 2.00 bits per heavy atom. The summed E-state index contributed by atoms with van der Waals surface area (Å²) in [6.45, 7) is 3.23. The van der Waals surface area contributed by atoms with Crippen LogP contribution in [0.4, 0.5) is 0 Å². The van der Waals surface area contributed by atoms with E-state index in [2.05, 4.69) is 4.98 Å². The summed E-state index contributed by atoms with van der Waals surface area (Å²) in [4.78, 5) is 31.6. The molecule has 0 bridgehead atoms. The first-order valence-corrected chi connectivity index (χ1v) is 11.0. The molecular weight excluding hydrogens is 428 g/mol. The van der Waals surface area contributed by atoms with Crippen molar-refractivity contribution in [3.8, 4) is 5.69 Å². The van der Waals surface area contributed by atoms with Crippen molar-refractivity contribution in [2.24, 2.45) is 0 Å². The molecule has 0 amide bonds. The molecule has 4 aromatic rings. The molecule has 0 aliphatic carbocycles. The number of halogens is 1. The molecule has 1 atom stereocenters. The molecule has 1 aliphatic rings. The van der Waals surface area contributed by atoms with Gasteiger partial charge in [0.15, 0.2) is 11.2 Å². The van der Waals surface area contributed by atoms with Crippen LogP contribution in [0, 0.1) is 6.92 Å². The fourth-order valence-corrected chi connectivity index (χ4v) is 4.53. The molecule has 0 radical (unpaired) electrons. The third-order valence-corrected chi connectivity index (χ3v) is 6.14. The molecule has 164 valence electrons. The van der Waals surface area contributed by atoms with Crippen molar-refractivity contribution >= 4 is 22.8 Å². The summed E-state index contributed by atoms with van der Waals surface area (Å²) < 4.78 is 10.3. The Labute approximate surface area is 189 Å². The van der Waals surface area contributed by atoms with Gasteiger partial charge in [0.25, 0.3) is 5.56 Å². The summed E-state index contributed by atoms with van der Waals surface area (Å²) in [6, 6.07) is 15.1. The maximum absolute atomic E-state index is 13.6. The summed E-state index contributed by atoms with van der Waals surface area (Å²) in [6.07, 6.45) is 3.22. The predicted molar refractivity (Wildman–Crippen MR) is 124 cm³/mol. The summed E-state index contributed by atoms with van der Waals surface area (Å²) in [5.74, 6) is 0. The Bertz CT molecular complexity index is 1410. The Morgan fingerprint density at radius 3 is 2.75 bits per heavy atom. The second-order valence-electron chi connectivity index (χ2n) is 8.13. The lowest BCUT2D eigenvalue weighted by Crippen LogP contribution is -2.42. The molecule has 1 fully saturated rings. The molecule has 0 N–H and O–H groups in total. The average molecular weight is 451 g/mol. The Morgan fingerprint density at radius 1 is 1.16 bits per heavy atom. The highest BCUT2D eigenvalue weighted by Gasteiger charge is 2.24. The number of aromatic nitrogens is 4. The molecular formula is C24H23ClN4O3. The van der Waals surface area contributed by atoms with Crippen molar-refractivity contribution in [3.05, 3.63) is 91.8 Å². The van der Waals surface area contributed by atoms with Crippen molar-refractivity contribution in [1.82, 2.24) is 18.7 Å². The van der Waals surface area contributed by atoms with Gasteiger partial charge in [0.1, 0.15) is 0 Å². The summed E-state index contributed by atoms with van der Waals surface area (Å²) in [5, 5.41) is 0.625. The standard InChI is InChI=1S/C24H23ClN4O3/c1-16-6-2-3-10-20(16)29-22-21(23(30)28(24(29)31)14-19-9-5-11-32-19)27(15-26-22)13-17-7-4-8-18(25)12-17/h2-4,6-8,10,12,15,19H,5,9,11,13-14H2,1H3/t19-/m1/s1. The van der Waals surface area contributed by atoms with Crippen LogP contribution in [0.3, 0.4) is 0 Å². The number of hydrogen-bond donors (Lipinski definition) is 0. The quantitative estimate of drug-likeness (QED) is 0.466. The number of rotatable bonds is 5. The highest BCUT2D eigenvalue weighted by molar-refractivity contribution is 6.30. The van der Waals surface area contributed by atoms with Crippen LogP contribution in [0.1, 0.15) is 24.0 Å². The van der Waals surface area contributed by atoms with Crippen molar-refractivity contribution < 1.29 is 4.74 Å². The van der Waals surface area contributed by atoms with Crippen LogP contribution in [0.5, 0.6) is 0 Å². The predicted octanol–water partition coefficient (Wildman–Crippen LogP) is 3.54. The van der Waals surface area contributed by atoms with Crippen LogP contribution < -0.4 is 11.2 Å². The van der Waals surface area contributed by atoms with E-state index in [1.807, 2.05) is 55.5 Å². The van der Waals surface area contributed by atoms with Gasteiger partial charge in [0.2, 0.25) is 0 Å². The molecule has 5 rings (SSSR count). The lowest BCUT2D eigenvalue weighted by molar-refractivity contribution is 0.0950. The van der Waals surface area contributed by atoms with E-state index in [0.717, 1.165) is 24.0 Å². The van der Waals surface area contributed by atoms with Gasteiger partial charge in [-0.3, -0.25) is 9.36 Å². The fraction of sp³-hybridized carbons (Fsp3) is 0.292. The minimum atomic E-state index is -0.402. The number of benzene rings is 2. The Hall–Kier alpha value is -3.16. The van der Waals surface area contributed by atoms with Gasteiger partial charge in [-0.05, 0) is 49.1 Å². The number of para-hydroxylation sites is 1. The van der Waals surface area contributed by atoms with Gasteiger partial charge < -0.3 is 9.30 Å². The number of fused-ring (bicyclic) bond motifs is 1. The van der Waals surface area contributed by atoms with Crippen molar-refractivity contribution in [1.29, 1.82) is 0 Å². The van der Waals surface area contributed by atoms with Gasteiger partial charge in [-0.15, -0.1) is 0 Å². The molecule has 1 aliphatic heterocycles. The lowest BCUT2D eigenvalue weighted by Gasteiger charge is -2.16. The van der Waals surface area contributed by atoms with E-state index in [9.17, 15) is 9.59 Å². The Kier molecular flexibility index (Phi) is 5.45. The van der Waals surface area contributed by atoms with Crippen LogP contribution >= 0.6 is 11.6 Å². The van der Waals surface area contributed by atoms with E-state index < -0.39 is 5.69 Å². The molecule has 8 heteroatoms. The summed E-state index contributed by atoms with van der Waals surface area (Å²) in [7, 11) is 0. The zero-order valence-electron chi connectivity index (χ0n) is 17.7. The number of aryl methyl sites for hydroxylation is 1. The molecule has 32 heavy (non-hydrogen) atoms. The fourth-order valence-electron chi connectivity index (χ4n) is 4.32. The molecule has 2 aromatic heterocycles. The van der Waals surface area contributed by atoms with Crippen molar-refractivity contribution in [2.75, 3.05) is 6.61 Å². The van der Waals surface area contributed by atoms with Crippen LogP contribution in [-0.2, 0) is 17.8 Å². The van der Waals surface area contributed by atoms with Gasteiger partial charge >= 0.3 is 5.69 Å². The SMILES string of the molecule is Cc1ccccc1-n1c(=O)n(C[C@H]2CCCO2)c(=O)c2c1ncn2Cc1cccc(Cl)c1. The zero-order valence-corrected chi connectivity index (χ0v) is 18.5. The van der Waals surface area contributed by atoms with E-state index in [1.54, 1.807) is 10.9 Å². The van der Waals surface area contributed by atoms with Crippen molar-refractivity contribution in [3.63, 3.8) is 0 Å². The van der Waals surface area contributed by atoms with Crippen LogP contribution in [0.15, 0.2) is 64.4 Å². The smallest absolute Gasteiger partial charge is 0.337 e. The first-order chi connectivity index (χ1) is 15.5. The molecule has 0 unspecified atom stereocenters. The van der Waals surface area contributed by atoms with Crippen molar-refractivity contribution in [2.45, 2.75) is 39.0 Å². The molecule has 2 aromatic carbocycles. The molecule has 7 nitrogen and oxygen atoms in total. The third kappa shape index (κ3) is 3.67. The van der Waals surface area contributed by atoms with E-state index >= 15 is 0 Å². The first kappa shape index (κ1) is 20.7. The second-order valence-corrected chi connectivity index (χ2v) is 8.57. The van der Waals surface area contributed by atoms with Gasteiger partial charge in [0.05, 0.1) is 24.7 Å². The van der Waals surface area contributed by atoms with Crippen LogP contribution in [0.2, 0.25) is 5.02 Å². The Balaban J connectivity index is 1.75. The normalized spacial score (nSPS) is 16.1. The molecule has 3 heterocycles. The third-order valence-electron chi connectivity index (χ3n) is 5.91. The number of imidazole rings is 1. The van der Waals surface area contributed by atoms with E-state index in [4.69, 9.17) is 16.3 Å². The summed E-state index contributed by atoms with van der Waals surface area (Å²) in [5.41, 5.74) is 2.53. The summed E-state index contributed by atoms with van der Waals surface area (Å²) >= 11 is 6.15. The topological polar surface area (TPSA) is 71.1 Å². The maximum Gasteiger partial charge on any atom is 0.337 e. The number of ether oxygens (including phenoxy) is 1.